The summed E-state index contributed by atoms with van der Waals surface area (Å²) in [6.45, 7) is 2.75. The summed E-state index contributed by atoms with van der Waals surface area (Å²) < 4.78 is 5.50. The fourth-order valence-electron chi connectivity index (χ4n) is 1.52. The number of ether oxygens (including phenoxy) is 1. The smallest absolute Gasteiger partial charge is 0.120 e. The van der Waals surface area contributed by atoms with Crippen LogP contribution in [0.5, 0.6) is 5.75 Å². The van der Waals surface area contributed by atoms with Crippen LogP contribution < -0.4 is 10.5 Å². The van der Waals surface area contributed by atoms with Gasteiger partial charge in [-0.25, -0.2) is 0 Å². The summed E-state index contributed by atoms with van der Waals surface area (Å²) in [5.41, 5.74) is 8.96. The van der Waals surface area contributed by atoms with E-state index >= 15 is 0 Å². The van der Waals surface area contributed by atoms with Gasteiger partial charge < -0.3 is 17.9 Å². The van der Waals surface area contributed by atoms with E-state index in [4.69, 9.17) is 10.5 Å². The molecule has 0 atom stereocenters. The summed E-state index contributed by atoms with van der Waals surface area (Å²) in [7, 11) is 0. The molecule has 0 saturated heterocycles. The number of fused-ring (bicyclic) bond motifs is 1. The third-order valence-electron chi connectivity index (χ3n) is 2.19. The van der Waals surface area contributed by atoms with Crippen LogP contribution in [0.15, 0.2) is 12.1 Å². The molecule has 1 radical (unpaired) electrons. The quantitative estimate of drug-likeness (QED) is 0.577. The van der Waals surface area contributed by atoms with Crippen molar-refractivity contribution < 1.29 is 37.4 Å². The van der Waals surface area contributed by atoms with Crippen molar-refractivity contribution in [1.82, 2.24) is 0 Å². The standard InChI is InChI=1S/C10H12NO.CH3.Y/c1-7-4-5-9(11)8-3-2-6-12-10(7)8;;/h2,4-5H,3,6,11H2,1H3;1H3;/q2*-1;. The van der Waals surface area contributed by atoms with Gasteiger partial charge in [0.25, 0.3) is 0 Å². The van der Waals surface area contributed by atoms with Crippen LogP contribution in [-0.2, 0) is 39.1 Å². The van der Waals surface area contributed by atoms with Crippen molar-refractivity contribution in [2.75, 3.05) is 12.3 Å². The maximum atomic E-state index is 5.81. The monoisotopic (exact) mass is 266 g/mol. The van der Waals surface area contributed by atoms with Crippen LogP contribution >= 0.6 is 0 Å². The molecular weight excluding hydrogens is 251 g/mol. The molecule has 14 heavy (non-hydrogen) atoms. The van der Waals surface area contributed by atoms with Crippen LogP contribution in [0.1, 0.15) is 11.1 Å². The molecule has 0 aliphatic carbocycles. The minimum absolute atomic E-state index is 0. The van der Waals surface area contributed by atoms with Gasteiger partial charge in [0.2, 0.25) is 0 Å². The van der Waals surface area contributed by atoms with E-state index < -0.39 is 0 Å². The van der Waals surface area contributed by atoms with Gasteiger partial charge in [0.05, 0.1) is 0 Å². The number of hydrogen-bond donors (Lipinski definition) is 1. The molecule has 0 saturated carbocycles. The molecule has 75 valence electrons. The molecule has 0 unspecified atom stereocenters. The Hall–Kier alpha value is -0.0761. The number of nitrogen functional groups attached to an aromatic ring is 1. The molecule has 1 aromatic carbocycles. The van der Waals surface area contributed by atoms with Gasteiger partial charge >= 0.3 is 0 Å². The molecule has 1 heterocycles. The van der Waals surface area contributed by atoms with E-state index in [9.17, 15) is 0 Å². The third kappa shape index (κ3) is 2.49. The molecule has 0 spiro atoms. The van der Waals surface area contributed by atoms with Gasteiger partial charge in [0, 0.05) is 38.4 Å². The molecule has 1 aliphatic rings. The molecule has 1 aliphatic heterocycles. The van der Waals surface area contributed by atoms with Crippen molar-refractivity contribution in [3.63, 3.8) is 0 Å². The van der Waals surface area contributed by atoms with Gasteiger partial charge in [-0.05, 0) is 30.7 Å². The van der Waals surface area contributed by atoms with Crippen molar-refractivity contribution in [1.29, 1.82) is 0 Å². The molecule has 0 amide bonds. The van der Waals surface area contributed by atoms with E-state index in [0.717, 1.165) is 23.4 Å². The van der Waals surface area contributed by atoms with Crippen molar-refractivity contribution >= 4 is 5.69 Å². The van der Waals surface area contributed by atoms with E-state index in [1.165, 1.54) is 5.56 Å². The predicted octanol–water partition coefficient (Wildman–Crippen LogP) is 2.16. The minimum atomic E-state index is 0. The Labute approximate surface area is 111 Å². The molecule has 2 nitrogen and oxygen atoms in total. The zero-order valence-electron chi connectivity index (χ0n) is 8.71. The maximum absolute atomic E-state index is 5.81. The first-order chi connectivity index (χ1) is 5.79. The number of benzene rings is 1. The molecule has 0 aromatic heterocycles. The molecule has 0 fully saturated rings. The average Bonchev–Trinajstić information content (AvgIpc) is 2.12. The molecular formula is C11H15NOY-2. The third-order valence-corrected chi connectivity index (χ3v) is 2.19. The Morgan fingerprint density at radius 1 is 1.43 bits per heavy atom. The second kappa shape index (κ2) is 5.72. The largest absolute Gasteiger partial charge is 0.524 e. The molecule has 3 heteroatoms. The second-order valence-corrected chi connectivity index (χ2v) is 3.08. The van der Waals surface area contributed by atoms with Gasteiger partial charge in [-0.1, -0.05) is 6.07 Å². The second-order valence-electron chi connectivity index (χ2n) is 3.08. The summed E-state index contributed by atoms with van der Waals surface area (Å²) in [6, 6.07) is 3.94. The van der Waals surface area contributed by atoms with E-state index in [0.29, 0.717) is 6.61 Å². The SMILES string of the molecule is Cc1ccc(N)c2c1OC[CH-]C2.[CH3-].[Y]. The first-order valence-electron chi connectivity index (χ1n) is 4.11. The number of nitrogens with two attached hydrogens (primary N) is 1. The van der Waals surface area contributed by atoms with Crippen molar-refractivity contribution in [2.24, 2.45) is 0 Å². The number of anilines is 1. The summed E-state index contributed by atoms with van der Waals surface area (Å²) in [4.78, 5) is 0. The van der Waals surface area contributed by atoms with Gasteiger partial charge in [-0.3, -0.25) is 6.42 Å². The van der Waals surface area contributed by atoms with Gasteiger partial charge in [-0.2, -0.15) is 0 Å². The summed E-state index contributed by atoms with van der Waals surface area (Å²) in [5.74, 6) is 0.984. The van der Waals surface area contributed by atoms with Crippen LogP contribution in [-0.4, -0.2) is 6.61 Å². The number of rotatable bonds is 0. The van der Waals surface area contributed by atoms with Crippen LogP contribution in [0, 0.1) is 20.8 Å². The normalized spacial score (nSPS) is 12.9. The molecule has 1 aromatic rings. The zero-order chi connectivity index (χ0) is 8.55. The van der Waals surface area contributed by atoms with E-state index in [-0.39, 0.29) is 40.1 Å². The van der Waals surface area contributed by atoms with Gasteiger partial charge in [-0.15, -0.1) is 6.42 Å². The molecule has 2 rings (SSSR count). The fraction of sp³-hybridized carbons (Fsp3) is 0.273. The average molecular weight is 266 g/mol. The molecule has 0 bridgehead atoms. The fourth-order valence-corrected chi connectivity index (χ4v) is 1.52. The topological polar surface area (TPSA) is 35.2 Å². The van der Waals surface area contributed by atoms with Crippen molar-refractivity contribution in [3.8, 4) is 5.75 Å². The number of hydrogen-bond acceptors (Lipinski definition) is 2. The summed E-state index contributed by atoms with van der Waals surface area (Å²) in [5, 5.41) is 0. The van der Waals surface area contributed by atoms with Gasteiger partial charge in [0.1, 0.15) is 5.75 Å². The predicted molar refractivity (Wildman–Crippen MR) is 55.5 cm³/mol. The first kappa shape index (κ1) is 13.9. The molecule has 2 N–H and O–H groups in total. The Morgan fingerprint density at radius 3 is 2.79 bits per heavy atom. The van der Waals surface area contributed by atoms with Crippen LogP contribution in [0.25, 0.3) is 0 Å². The van der Waals surface area contributed by atoms with E-state index in [1.54, 1.807) is 0 Å². The zero-order valence-corrected chi connectivity index (χ0v) is 11.5. The van der Waals surface area contributed by atoms with Crippen molar-refractivity contribution in [2.45, 2.75) is 13.3 Å². The first-order valence-corrected chi connectivity index (χ1v) is 4.11. The van der Waals surface area contributed by atoms with Crippen LogP contribution in [0.3, 0.4) is 0 Å². The Bertz CT molecular complexity index is 281. The van der Waals surface area contributed by atoms with Crippen LogP contribution in [0.4, 0.5) is 5.69 Å². The summed E-state index contributed by atoms with van der Waals surface area (Å²) in [6.07, 6.45) is 3.03. The Balaban J connectivity index is 0.000000845. The number of aryl methyl sites for hydroxylation is 1. The van der Waals surface area contributed by atoms with E-state index in [1.807, 2.05) is 19.1 Å². The Morgan fingerprint density at radius 2 is 2.14 bits per heavy atom. The van der Waals surface area contributed by atoms with Crippen LogP contribution in [0.2, 0.25) is 0 Å². The maximum Gasteiger partial charge on any atom is 0.120 e. The summed E-state index contributed by atoms with van der Waals surface area (Å²) >= 11 is 0. The van der Waals surface area contributed by atoms with Gasteiger partial charge in [0.15, 0.2) is 0 Å². The Kier molecular flexibility index (Phi) is 5.69. The minimum Gasteiger partial charge on any atom is -0.524 e. The van der Waals surface area contributed by atoms with Crippen molar-refractivity contribution in [3.05, 3.63) is 37.1 Å². The van der Waals surface area contributed by atoms with E-state index in [2.05, 4.69) is 6.42 Å².